The molecular weight excluding hydrogens is 348 g/mol. The summed E-state index contributed by atoms with van der Waals surface area (Å²) in [6.07, 6.45) is 6.66. The van der Waals surface area contributed by atoms with E-state index in [0.717, 1.165) is 11.1 Å². The number of carbonyl (C=O) groups is 1. The Balaban J connectivity index is 1.57. The highest BCUT2D eigenvalue weighted by atomic mass is 35.5. The Hall–Kier alpha value is -3.11. The van der Waals surface area contributed by atoms with Gasteiger partial charge in [-0.1, -0.05) is 29.8 Å². The van der Waals surface area contributed by atoms with Crippen molar-refractivity contribution in [1.29, 1.82) is 0 Å². The van der Waals surface area contributed by atoms with Crippen molar-refractivity contribution in [3.8, 4) is 5.75 Å². The van der Waals surface area contributed by atoms with Gasteiger partial charge < -0.3 is 10.1 Å². The highest BCUT2D eigenvalue weighted by Crippen LogP contribution is 2.19. The zero-order valence-corrected chi connectivity index (χ0v) is 14.7. The van der Waals surface area contributed by atoms with E-state index in [0.29, 0.717) is 23.1 Å². The van der Waals surface area contributed by atoms with Crippen LogP contribution in [0.2, 0.25) is 5.02 Å². The van der Waals surface area contributed by atoms with E-state index in [1.54, 1.807) is 36.7 Å². The normalized spacial score (nSPS) is 10.7. The zero-order chi connectivity index (χ0) is 18.2. The molecule has 3 rings (SSSR count). The molecule has 1 aromatic heterocycles. The topological polar surface area (TPSA) is 51.2 Å². The van der Waals surface area contributed by atoms with Crippen LogP contribution in [-0.4, -0.2) is 10.9 Å². The summed E-state index contributed by atoms with van der Waals surface area (Å²) >= 11 is 5.84. The first-order valence-electron chi connectivity index (χ1n) is 8.05. The number of carbonyl (C=O) groups excluding carboxylic acids is 1. The fourth-order valence-corrected chi connectivity index (χ4v) is 2.37. The average molecular weight is 365 g/mol. The SMILES string of the molecule is O=C(/C=C/c1ccc(Cl)cc1)Nc1cccc(OCc2ccncc2)c1. The summed E-state index contributed by atoms with van der Waals surface area (Å²) in [5.41, 5.74) is 2.60. The minimum absolute atomic E-state index is 0.216. The van der Waals surface area contributed by atoms with E-state index < -0.39 is 0 Å². The van der Waals surface area contributed by atoms with E-state index in [-0.39, 0.29) is 5.91 Å². The molecule has 2 aromatic carbocycles. The summed E-state index contributed by atoms with van der Waals surface area (Å²) in [5, 5.41) is 3.48. The van der Waals surface area contributed by atoms with Crippen LogP contribution in [0.3, 0.4) is 0 Å². The lowest BCUT2D eigenvalue weighted by Gasteiger charge is -2.08. The van der Waals surface area contributed by atoms with Gasteiger partial charge in [0.2, 0.25) is 5.91 Å². The number of amides is 1. The molecule has 0 aliphatic carbocycles. The van der Waals surface area contributed by atoms with Crippen LogP contribution in [0.1, 0.15) is 11.1 Å². The second kappa shape index (κ2) is 8.83. The van der Waals surface area contributed by atoms with Crippen molar-refractivity contribution in [2.45, 2.75) is 6.61 Å². The van der Waals surface area contributed by atoms with Crippen molar-refractivity contribution < 1.29 is 9.53 Å². The van der Waals surface area contributed by atoms with Crippen LogP contribution < -0.4 is 10.1 Å². The second-order valence-electron chi connectivity index (χ2n) is 5.55. The van der Waals surface area contributed by atoms with Crippen LogP contribution in [0.25, 0.3) is 6.08 Å². The molecule has 5 heteroatoms. The molecular formula is C21H17ClN2O2. The Kier molecular flexibility index (Phi) is 6.01. The van der Waals surface area contributed by atoms with Crippen molar-refractivity contribution in [3.05, 3.63) is 95.3 Å². The molecule has 0 aliphatic rings. The number of nitrogens with zero attached hydrogens (tertiary/aromatic N) is 1. The molecule has 0 radical (unpaired) electrons. The Morgan fingerprint density at radius 3 is 2.62 bits per heavy atom. The minimum Gasteiger partial charge on any atom is -0.489 e. The average Bonchev–Trinajstić information content (AvgIpc) is 2.67. The largest absolute Gasteiger partial charge is 0.489 e. The number of benzene rings is 2. The third-order valence-electron chi connectivity index (χ3n) is 3.55. The van der Waals surface area contributed by atoms with Crippen LogP contribution in [0.15, 0.2) is 79.1 Å². The van der Waals surface area contributed by atoms with Gasteiger partial charge in [0.25, 0.3) is 0 Å². The van der Waals surface area contributed by atoms with Crippen molar-refractivity contribution in [2.24, 2.45) is 0 Å². The molecule has 0 aliphatic heterocycles. The highest BCUT2D eigenvalue weighted by Gasteiger charge is 2.01. The van der Waals surface area contributed by atoms with E-state index >= 15 is 0 Å². The van der Waals surface area contributed by atoms with Crippen LogP contribution in [0.5, 0.6) is 5.75 Å². The maximum atomic E-state index is 12.1. The minimum atomic E-state index is -0.216. The van der Waals surface area contributed by atoms with E-state index in [2.05, 4.69) is 10.3 Å². The lowest BCUT2D eigenvalue weighted by molar-refractivity contribution is -0.111. The van der Waals surface area contributed by atoms with Crippen molar-refractivity contribution >= 4 is 29.3 Å². The van der Waals surface area contributed by atoms with Gasteiger partial charge in [-0.25, -0.2) is 0 Å². The number of hydrogen-bond acceptors (Lipinski definition) is 3. The molecule has 0 saturated heterocycles. The summed E-state index contributed by atoms with van der Waals surface area (Å²) < 4.78 is 5.75. The van der Waals surface area contributed by atoms with Crippen molar-refractivity contribution in [1.82, 2.24) is 4.98 Å². The number of ether oxygens (including phenoxy) is 1. The number of rotatable bonds is 6. The summed E-state index contributed by atoms with van der Waals surface area (Å²) in [7, 11) is 0. The first-order chi connectivity index (χ1) is 12.7. The summed E-state index contributed by atoms with van der Waals surface area (Å²) in [4.78, 5) is 16.0. The van der Waals surface area contributed by atoms with Gasteiger partial charge in [0, 0.05) is 35.2 Å². The molecule has 1 amide bonds. The highest BCUT2D eigenvalue weighted by molar-refractivity contribution is 6.30. The zero-order valence-electron chi connectivity index (χ0n) is 13.9. The second-order valence-corrected chi connectivity index (χ2v) is 5.98. The van der Waals surface area contributed by atoms with Crippen LogP contribution in [-0.2, 0) is 11.4 Å². The lowest BCUT2D eigenvalue weighted by Crippen LogP contribution is -2.07. The first kappa shape index (κ1) is 17.7. The molecule has 0 unspecified atom stereocenters. The Morgan fingerprint density at radius 1 is 1.08 bits per heavy atom. The monoisotopic (exact) mass is 364 g/mol. The third-order valence-corrected chi connectivity index (χ3v) is 3.81. The molecule has 1 heterocycles. The van der Waals surface area contributed by atoms with Gasteiger partial charge in [-0.15, -0.1) is 0 Å². The maximum absolute atomic E-state index is 12.1. The molecule has 4 nitrogen and oxygen atoms in total. The number of pyridine rings is 1. The first-order valence-corrected chi connectivity index (χ1v) is 8.43. The Morgan fingerprint density at radius 2 is 1.85 bits per heavy atom. The third kappa shape index (κ3) is 5.46. The van der Waals surface area contributed by atoms with Gasteiger partial charge in [-0.3, -0.25) is 9.78 Å². The van der Waals surface area contributed by atoms with Gasteiger partial charge in [0.15, 0.2) is 0 Å². The molecule has 0 saturated carbocycles. The number of halogens is 1. The molecule has 26 heavy (non-hydrogen) atoms. The molecule has 130 valence electrons. The summed E-state index contributed by atoms with van der Waals surface area (Å²) in [6.45, 7) is 0.441. The predicted octanol–water partition coefficient (Wildman–Crippen LogP) is 4.97. The van der Waals surface area contributed by atoms with E-state index in [1.165, 1.54) is 6.08 Å². The molecule has 0 atom stereocenters. The van der Waals surface area contributed by atoms with E-state index in [1.807, 2.05) is 42.5 Å². The predicted molar refractivity (Wildman–Crippen MR) is 104 cm³/mol. The van der Waals surface area contributed by atoms with Gasteiger partial charge in [0.1, 0.15) is 12.4 Å². The molecule has 0 bridgehead atoms. The fraction of sp³-hybridized carbons (Fsp3) is 0.0476. The lowest BCUT2D eigenvalue weighted by atomic mass is 10.2. The van der Waals surface area contributed by atoms with Gasteiger partial charge in [-0.05, 0) is 53.6 Å². The van der Waals surface area contributed by atoms with Crippen LogP contribution >= 0.6 is 11.6 Å². The Bertz CT molecular complexity index is 893. The maximum Gasteiger partial charge on any atom is 0.248 e. The van der Waals surface area contributed by atoms with E-state index in [9.17, 15) is 4.79 Å². The number of aromatic nitrogens is 1. The van der Waals surface area contributed by atoms with Gasteiger partial charge in [-0.2, -0.15) is 0 Å². The van der Waals surface area contributed by atoms with Gasteiger partial charge in [0.05, 0.1) is 0 Å². The van der Waals surface area contributed by atoms with Crippen molar-refractivity contribution in [3.63, 3.8) is 0 Å². The molecule has 0 spiro atoms. The van der Waals surface area contributed by atoms with Crippen LogP contribution in [0.4, 0.5) is 5.69 Å². The summed E-state index contributed by atoms with van der Waals surface area (Å²) in [5.74, 6) is 0.465. The van der Waals surface area contributed by atoms with Crippen LogP contribution in [0, 0.1) is 0 Å². The fourth-order valence-electron chi connectivity index (χ4n) is 2.24. The van der Waals surface area contributed by atoms with E-state index in [4.69, 9.17) is 16.3 Å². The Labute approximate surface area is 157 Å². The standard InChI is InChI=1S/C21H17ClN2O2/c22-18-7-4-16(5-8-18)6-9-21(25)24-19-2-1-3-20(14-19)26-15-17-10-12-23-13-11-17/h1-14H,15H2,(H,24,25)/b9-6+. The quantitative estimate of drug-likeness (QED) is 0.628. The number of nitrogens with one attached hydrogen (secondary N) is 1. The number of hydrogen-bond donors (Lipinski definition) is 1. The molecule has 1 N–H and O–H groups in total. The smallest absolute Gasteiger partial charge is 0.248 e. The van der Waals surface area contributed by atoms with Gasteiger partial charge >= 0.3 is 0 Å². The summed E-state index contributed by atoms with van der Waals surface area (Å²) in [6, 6.07) is 18.3. The van der Waals surface area contributed by atoms with Crippen molar-refractivity contribution in [2.75, 3.05) is 5.32 Å². The molecule has 3 aromatic rings. The molecule has 0 fully saturated rings. The number of anilines is 1.